The molecule has 172 valence electrons. The third-order valence-electron chi connectivity index (χ3n) is 5.37. The smallest absolute Gasteiger partial charge is 0.243 e. The van der Waals surface area contributed by atoms with Crippen molar-refractivity contribution in [3.63, 3.8) is 0 Å². The Kier molecular flexibility index (Phi) is 7.00. The molecule has 1 aliphatic heterocycles. The zero-order valence-corrected chi connectivity index (χ0v) is 19.2. The molecule has 0 aromatic heterocycles. The number of benzene rings is 2. The number of piperidine rings is 1. The van der Waals surface area contributed by atoms with E-state index in [1.165, 1.54) is 40.7 Å². The Labute approximate surface area is 188 Å². The molecule has 0 aliphatic carbocycles. The van der Waals surface area contributed by atoms with Crippen molar-refractivity contribution >= 4 is 33.2 Å². The Hall–Kier alpha value is -2.78. The van der Waals surface area contributed by atoms with E-state index < -0.39 is 15.4 Å². The maximum absolute atomic E-state index is 13.0. The highest BCUT2D eigenvalue weighted by Gasteiger charge is 2.32. The fourth-order valence-electron chi connectivity index (χ4n) is 3.31. The fraction of sp³-hybridized carbons (Fsp3) is 0.391. The Balaban J connectivity index is 1.58. The molecule has 9 heteroatoms. The van der Waals surface area contributed by atoms with Gasteiger partial charge in [-0.3, -0.25) is 9.59 Å². The zero-order chi connectivity index (χ0) is 23.5. The molecule has 0 spiro atoms. The van der Waals surface area contributed by atoms with Crippen LogP contribution in [0, 0.1) is 17.2 Å². The van der Waals surface area contributed by atoms with Crippen molar-refractivity contribution in [3.05, 3.63) is 54.3 Å². The summed E-state index contributed by atoms with van der Waals surface area (Å²) in [5, 5.41) is 5.52. The topological polar surface area (TPSA) is 95.6 Å². The molecule has 0 unspecified atom stereocenters. The molecule has 0 bridgehead atoms. The van der Waals surface area contributed by atoms with Crippen LogP contribution in [-0.2, 0) is 19.6 Å². The van der Waals surface area contributed by atoms with Crippen molar-refractivity contribution in [2.75, 3.05) is 23.7 Å². The molecule has 1 fully saturated rings. The molecule has 0 radical (unpaired) electrons. The summed E-state index contributed by atoms with van der Waals surface area (Å²) in [4.78, 5) is 24.7. The number of hydrogen-bond donors (Lipinski definition) is 2. The number of halogens is 1. The first kappa shape index (κ1) is 23.9. The van der Waals surface area contributed by atoms with Gasteiger partial charge in [-0.25, -0.2) is 12.8 Å². The van der Waals surface area contributed by atoms with Gasteiger partial charge in [0.2, 0.25) is 21.8 Å². The molecule has 0 saturated carbocycles. The number of rotatable bonds is 5. The van der Waals surface area contributed by atoms with Gasteiger partial charge in [-0.1, -0.05) is 20.8 Å². The van der Waals surface area contributed by atoms with Crippen LogP contribution in [0.25, 0.3) is 0 Å². The van der Waals surface area contributed by atoms with Gasteiger partial charge in [0.05, 0.1) is 4.90 Å². The van der Waals surface area contributed by atoms with Crippen LogP contribution < -0.4 is 10.6 Å². The van der Waals surface area contributed by atoms with Crippen molar-refractivity contribution in [1.82, 2.24) is 4.31 Å². The van der Waals surface area contributed by atoms with Crippen molar-refractivity contribution < 1.29 is 22.4 Å². The first-order valence-electron chi connectivity index (χ1n) is 10.4. The summed E-state index contributed by atoms with van der Waals surface area (Å²) in [6, 6.07) is 11.6. The van der Waals surface area contributed by atoms with E-state index in [-0.39, 0.29) is 41.5 Å². The molecular formula is C23H28FN3O4S. The van der Waals surface area contributed by atoms with E-state index in [1.54, 1.807) is 32.9 Å². The molecule has 1 heterocycles. The number of anilines is 2. The van der Waals surface area contributed by atoms with Gasteiger partial charge < -0.3 is 10.6 Å². The maximum atomic E-state index is 13.0. The first-order chi connectivity index (χ1) is 15.0. The average Bonchev–Trinajstić information content (AvgIpc) is 2.75. The third-order valence-corrected chi connectivity index (χ3v) is 7.28. The zero-order valence-electron chi connectivity index (χ0n) is 18.4. The second-order valence-electron chi connectivity index (χ2n) is 8.90. The minimum absolute atomic E-state index is 0.139. The van der Waals surface area contributed by atoms with E-state index in [0.29, 0.717) is 24.2 Å². The summed E-state index contributed by atoms with van der Waals surface area (Å²) in [6.45, 7) is 5.85. The summed E-state index contributed by atoms with van der Waals surface area (Å²) < 4.78 is 40.3. The lowest BCUT2D eigenvalue weighted by Gasteiger charge is -2.30. The van der Waals surface area contributed by atoms with Gasteiger partial charge in [-0.2, -0.15) is 4.31 Å². The van der Waals surface area contributed by atoms with E-state index in [1.807, 2.05) is 0 Å². The van der Waals surface area contributed by atoms with Gasteiger partial charge in [0.1, 0.15) is 5.82 Å². The van der Waals surface area contributed by atoms with Gasteiger partial charge in [-0.05, 0) is 61.4 Å². The predicted molar refractivity (Wildman–Crippen MR) is 121 cm³/mol. The Morgan fingerprint density at radius 3 is 1.94 bits per heavy atom. The van der Waals surface area contributed by atoms with E-state index in [9.17, 15) is 22.4 Å². The molecule has 2 aromatic rings. The van der Waals surface area contributed by atoms with Gasteiger partial charge >= 0.3 is 0 Å². The van der Waals surface area contributed by atoms with Crippen LogP contribution in [0.3, 0.4) is 0 Å². The van der Waals surface area contributed by atoms with E-state index in [4.69, 9.17) is 0 Å². The van der Waals surface area contributed by atoms with E-state index in [0.717, 1.165) is 0 Å². The number of nitrogens with zero attached hydrogens (tertiary/aromatic N) is 1. The molecule has 1 aliphatic rings. The molecule has 2 N–H and O–H groups in total. The minimum atomic E-state index is -3.70. The Bertz CT molecular complexity index is 1070. The number of sulfonamides is 1. The van der Waals surface area contributed by atoms with Crippen LogP contribution in [0.1, 0.15) is 33.6 Å². The lowest BCUT2D eigenvalue weighted by atomic mass is 9.95. The number of nitrogens with one attached hydrogen (secondary N) is 2. The van der Waals surface area contributed by atoms with Crippen molar-refractivity contribution in [1.29, 1.82) is 0 Å². The van der Waals surface area contributed by atoms with E-state index >= 15 is 0 Å². The quantitative estimate of drug-likeness (QED) is 0.707. The fourth-order valence-corrected chi connectivity index (χ4v) is 4.78. The largest absolute Gasteiger partial charge is 0.326 e. The highest BCUT2D eigenvalue weighted by molar-refractivity contribution is 7.89. The van der Waals surface area contributed by atoms with Crippen molar-refractivity contribution in [2.45, 2.75) is 38.5 Å². The van der Waals surface area contributed by atoms with Gasteiger partial charge in [-0.15, -0.1) is 0 Å². The summed E-state index contributed by atoms with van der Waals surface area (Å²) in [5.74, 6) is -1.06. The lowest BCUT2D eigenvalue weighted by molar-refractivity contribution is -0.123. The van der Waals surface area contributed by atoms with Gasteiger partial charge in [0.25, 0.3) is 0 Å². The molecular weight excluding hydrogens is 433 g/mol. The van der Waals surface area contributed by atoms with Crippen LogP contribution in [0.15, 0.2) is 53.4 Å². The molecule has 1 saturated heterocycles. The monoisotopic (exact) mass is 461 g/mol. The lowest BCUT2D eigenvalue weighted by Crippen LogP contribution is -2.41. The van der Waals surface area contributed by atoms with Crippen molar-refractivity contribution in [2.24, 2.45) is 11.3 Å². The second-order valence-corrected chi connectivity index (χ2v) is 10.8. The number of carbonyl (C=O) groups excluding carboxylic acids is 2. The first-order valence-corrected chi connectivity index (χ1v) is 11.9. The summed E-state index contributed by atoms with van der Waals surface area (Å²) in [5.41, 5.74) is 0.475. The summed E-state index contributed by atoms with van der Waals surface area (Å²) in [7, 11) is -3.70. The summed E-state index contributed by atoms with van der Waals surface area (Å²) in [6.07, 6.45) is 0.790. The van der Waals surface area contributed by atoms with Gasteiger partial charge in [0, 0.05) is 35.8 Å². The Morgan fingerprint density at radius 2 is 1.41 bits per heavy atom. The molecule has 32 heavy (non-hydrogen) atoms. The molecule has 2 amide bonds. The van der Waals surface area contributed by atoms with Crippen LogP contribution in [0.5, 0.6) is 0 Å². The van der Waals surface area contributed by atoms with Crippen LogP contribution in [0.2, 0.25) is 0 Å². The minimum Gasteiger partial charge on any atom is -0.326 e. The molecule has 0 atom stereocenters. The number of carbonyl (C=O) groups is 2. The molecule has 2 aromatic carbocycles. The molecule has 7 nitrogen and oxygen atoms in total. The normalized spacial score (nSPS) is 15.9. The SMILES string of the molecule is CC(C)(C)C(=O)Nc1ccc(S(=O)(=O)N2CCC(C(=O)Nc3ccc(F)cc3)CC2)cc1. The number of hydrogen-bond acceptors (Lipinski definition) is 4. The predicted octanol–water partition coefficient (Wildman–Crippen LogP) is 3.85. The second kappa shape index (κ2) is 9.38. The van der Waals surface area contributed by atoms with Crippen molar-refractivity contribution in [3.8, 4) is 0 Å². The highest BCUT2D eigenvalue weighted by atomic mass is 32.2. The Morgan fingerprint density at radius 1 is 0.906 bits per heavy atom. The standard InChI is InChI=1S/C23H28FN3O4S/c1-23(2,3)22(29)26-19-8-10-20(11-9-19)32(30,31)27-14-12-16(13-15-27)21(28)25-18-6-4-17(24)5-7-18/h4-11,16H,12-15H2,1-3H3,(H,25,28)(H,26,29). The highest BCUT2D eigenvalue weighted by Crippen LogP contribution is 2.26. The average molecular weight is 462 g/mol. The number of amides is 2. The summed E-state index contributed by atoms with van der Waals surface area (Å²) >= 11 is 0. The van der Waals surface area contributed by atoms with E-state index in [2.05, 4.69) is 10.6 Å². The van der Waals surface area contributed by atoms with Crippen LogP contribution in [-0.4, -0.2) is 37.6 Å². The van der Waals surface area contributed by atoms with Gasteiger partial charge in [0.15, 0.2) is 0 Å². The van der Waals surface area contributed by atoms with Crippen LogP contribution >= 0.6 is 0 Å². The maximum Gasteiger partial charge on any atom is 0.243 e. The van der Waals surface area contributed by atoms with Crippen LogP contribution in [0.4, 0.5) is 15.8 Å². The molecule has 3 rings (SSSR count). The third kappa shape index (κ3) is 5.72.